The van der Waals surface area contributed by atoms with Crippen molar-refractivity contribution < 1.29 is 14.6 Å². The maximum atomic E-state index is 10.8. The SMILES string of the molecule is COC1=CC=CC(C)(C(=O)O)C1. The molecule has 0 radical (unpaired) electrons. The topological polar surface area (TPSA) is 46.5 Å². The van der Waals surface area contributed by atoms with Crippen LogP contribution in [0.4, 0.5) is 0 Å². The van der Waals surface area contributed by atoms with Crippen molar-refractivity contribution in [2.24, 2.45) is 5.41 Å². The highest BCUT2D eigenvalue weighted by molar-refractivity contribution is 5.77. The van der Waals surface area contributed by atoms with E-state index in [9.17, 15) is 4.79 Å². The fraction of sp³-hybridized carbons (Fsp3) is 0.444. The molecular formula is C9H12O3. The van der Waals surface area contributed by atoms with Crippen molar-refractivity contribution in [1.82, 2.24) is 0 Å². The highest BCUT2D eigenvalue weighted by Gasteiger charge is 2.33. The molecular weight excluding hydrogens is 156 g/mol. The third kappa shape index (κ3) is 1.49. The molecule has 66 valence electrons. The summed E-state index contributed by atoms with van der Waals surface area (Å²) in [7, 11) is 1.55. The van der Waals surface area contributed by atoms with Crippen LogP contribution in [0.1, 0.15) is 13.3 Å². The summed E-state index contributed by atoms with van der Waals surface area (Å²) >= 11 is 0. The van der Waals surface area contributed by atoms with Crippen molar-refractivity contribution in [3.63, 3.8) is 0 Å². The number of carbonyl (C=O) groups is 1. The molecule has 1 unspecified atom stereocenters. The van der Waals surface area contributed by atoms with E-state index in [1.165, 1.54) is 0 Å². The number of allylic oxidation sites excluding steroid dienone is 3. The number of ether oxygens (including phenoxy) is 1. The highest BCUT2D eigenvalue weighted by Crippen LogP contribution is 2.31. The summed E-state index contributed by atoms with van der Waals surface area (Å²) in [5.74, 6) is -0.108. The first-order valence-electron chi connectivity index (χ1n) is 3.74. The second kappa shape index (κ2) is 3.01. The van der Waals surface area contributed by atoms with Gasteiger partial charge in [-0.15, -0.1) is 0 Å². The van der Waals surface area contributed by atoms with Crippen molar-refractivity contribution >= 4 is 5.97 Å². The Kier molecular flexibility index (Phi) is 2.22. The first kappa shape index (κ1) is 8.84. The van der Waals surface area contributed by atoms with Gasteiger partial charge in [-0.1, -0.05) is 12.2 Å². The van der Waals surface area contributed by atoms with Gasteiger partial charge in [0, 0.05) is 6.42 Å². The summed E-state index contributed by atoms with van der Waals surface area (Å²) in [5, 5.41) is 8.88. The van der Waals surface area contributed by atoms with Gasteiger partial charge in [-0.3, -0.25) is 4.79 Å². The van der Waals surface area contributed by atoms with E-state index in [2.05, 4.69) is 0 Å². The lowest BCUT2D eigenvalue weighted by Crippen LogP contribution is -2.27. The van der Waals surface area contributed by atoms with Crippen molar-refractivity contribution in [2.45, 2.75) is 13.3 Å². The molecule has 0 bridgehead atoms. The van der Waals surface area contributed by atoms with Gasteiger partial charge < -0.3 is 9.84 Å². The summed E-state index contributed by atoms with van der Waals surface area (Å²) in [5.41, 5.74) is -0.805. The van der Waals surface area contributed by atoms with E-state index in [1.807, 2.05) is 0 Å². The van der Waals surface area contributed by atoms with Crippen LogP contribution in [0, 0.1) is 5.41 Å². The molecule has 0 saturated carbocycles. The van der Waals surface area contributed by atoms with Crippen LogP contribution in [-0.4, -0.2) is 18.2 Å². The molecule has 1 rings (SSSR count). The van der Waals surface area contributed by atoms with Crippen LogP contribution in [0.2, 0.25) is 0 Å². The molecule has 1 aliphatic rings. The summed E-state index contributed by atoms with van der Waals surface area (Å²) in [6.45, 7) is 1.68. The minimum atomic E-state index is -0.818. The van der Waals surface area contributed by atoms with Crippen LogP contribution in [0.3, 0.4) is 0 Å². The first-order valence-corrected chi connectivity index (χ1v) is 3.74. The van der Waals surface area contributed by atoms with E-state index in [1.54, 1.807) is 32.3 Å². The van der Waals surface area contributed by atoms with Crippen LogP contribution >= 0.6 is 0 Å². The normalized spacial score (nSPS) is 28.0. The zero-order valence-electron chi connectivity index (χ0n) is 7.20. The van der Waals surface area contributed by atoms with E-state index >= 15 is 0 Å². The number of carboxylic acid groups (broad SMARTS) is 1. The van der Waals surface area contributed by atoms with Gasteiger partial charge in [-0.25, -0.2) is 0 Å². The minimum absolute atomic E-state index is 0.426. The number of carboxylic acids is 1. The molecule has 0 fully saturated rings. The maximum absolute atomic E-state index is 10.8. The Morgan fingerprint density at radius 1 is 1.75 bits per heavy atom. The van der Waals surface area contributed by atoms with Gasteiger partial charge in [0.15, 0.2) is 0 Å². The Labute approximate surface area is 71.3 Å². The smallest absolute Gasteiger partial charge is 0.313 e. The monoisotopic (exact) mass is 168 g/mol. The predicted octanol–water partition coefficient (Wildman–Crippen LogP) is 1.57. The van der Waals surface area contributed by atoms with E-state index in [0.29, 0.717) is 12.2 Å². The van der Waals surface area contributed by atoms with Crippen molar-refractivity contribution in [1.29, 1.82) is 0 Å². The molecule has 3 heteroatoms. The summed E-state index contributed by atoms with van der Waals surface area (Å²) in [6.07, 6.45) is 5.61. The van der Waals surface area contributed by atoms with Crippen LogP contribution in [0.15, 0.2) is 24.0 Å². The van der Waals surface area contributed by atoms with Crippen LogP contribution in [0.5, 0.6) is 0 Å². The Morgan fingerprint density at radius 2 is 2.42 bits per heavy atom. The van der Waals surface area contributed by atoms with Crippen molar-refractivity contribution in [2.75, 3.05) is 7.11 Å². The molecule has 0 amide bonds. The van der Waals surface area contributed by atoms with Gasteiger partial charge in [0.1, 0.15) is 0 Å². The Balaban J connectivity index is 2.82. The van der Waals surface area contributed by atoms with Gasteiger partial charge >= 0.3 is 5.97 Å². The largest absolute Gasteiger partial charge is 0.501 e. The molecule has 3 nitrogen and oxygen atoms in total. The zero-order chi connectivity index (χ0) is 9.19. The van der Waals surface area contributed by atoms with Gasteiger partial charge in [0.05, 0.1) is 18.3 Å². The molecule has 1 aliphatic carbocycles. The van der Waals surface area contributed by atoms with E-state index < -0.39 is 11.4 Å². The summed E-state index contributed by atoms with van der Waals surface area (Å²) in [4.78, 5) is 10.8. The number of aliphatic carboxylic acids is 1. The Hall–Kier alpha value is -1.25. The fourth-order valence-electron chi connectivity index (χ4n) is 1.13. The molecule has 12 heavy (non-hydrogen) atoms. The van der Waals surface area contributed by atoms with Crippen LogP contribution in [-0.2, 0) is 9.53 Å². The average Bonchev–Trinajstić information content (AvgIpc) is 2.04. The lowest BCUT2D eigenvalue weighted by atomic mass is 9.83. The first-order chi connectivity index (χ1) is 5.58. The van der Waals surface area contributed by atoms with Gasteiger partial charge in [-0.05, 0) is 13.0 Å². The molecule has 0 aliphatic heterocycles. The Bertz CT molecular complexity index is 252. The van der Waals surface area contributed by atoms with Gasteiger partial charge in [-0.2, -0.15) is 0 Å². The van der Waals surface area contributed by atoms with Crippen LogP contribution < -0.4 is 0 Å². The predicted molar refractivity (Wildman–Crippen MR) is 44.6 cm³/mol. The Morgan fingerprint density at radius 3 is 2.92 bits per heavy atom. The van der Waals surface area contributed by atoms with E-state index in [0.717, 1.165) is 0 Å². The van der Waals surface area contributed by atoms with E-state index in [-0.39, 0.29) is 0 Å². The molecule has 0 aromatic rings. The molecule has 0 aromatic heterocycles. The van der Waals surface area contributed by atoms with Crippen LogP contribution in [0.25, 0.3) is 0 Å². The lowest BCUT2D eigenvalue weighted by Gasteiger charge is -2.23. The van der Waals surface area contributed by atoms with Gasteiger partial charge in [0.25, 0.3) is 0 Å². The number of rotatable bonds is 2. The van der Waals surface area contributed by atoms with Gasteiger partial charge in [0.2, 0.25) is 0 Å². The van der Waals surface area contributed by atoms with Crippen molar-refractivity contribution in [3.8, 4) is 0 Å². The molecule has 0 heterocycles. The number of hydrogen-bond donors (Lipinski definition) is 1. The lowest BCUT2D eigenvalue weighted by molar-refractivity contribution is -0.145. The minimum Gasteiger partial charge on any atom is -0.501 e. The fourth-order valence-corrected chi connectivity index (χ4v) is 1.13. The summed E-state index contributed by atoms with van der Waals surface area (Å²) < 4.78 is 4.98. The second-order valence-electron chi connectivity index (χ2n) is 3.10. The molecule has 1 atom stereocenters. The van der Waals surface area contributed by atoms with E-state index in [4.69, 9.17) is 9.84 Å². The highest BCUT2D eigenvalue weighted by atomic mass is 16.5. The zero-order valence-corrected chi connectivity index (χ0v) is 7.20. The maximum Gasteiger partial charge on any atom is 0.313 e. The third-order valence-corrected chi connectivity index (χ3v) is 2.04. The molecule has 0 saturated heterocycles. The van der Waals surface area contributed by atoms with Crippen molar-refractivity contribution in [3.05, 3.63) is 24.0 Å². The number of hydrogen-bond acceptors (Lipinski definition) is 2. The standard InChI is InChI=1S/C9H12O3/c1-9(8(10)11)5-3-4-7(6-9)12-2/h3-5H,6H2,1-2H3,(H,10,11). The second-order valence-corrected chi connectivity index (χ2v) is 3.10. The molecule has 1 N–H and O–H groups in total. The average molecular weight is 168 g/mol. The molecule has 0 aromatic carbocycles. The quantitative estimate of drug-likeness (QED) is 0.680. The third-order valence-electron chi connectivity index (χ3n) is 2.04. The molecule has 0 spiro atoms. The summed E-state index contributed by atoms with van der Waals surface area (Å²) in [6, 6.07) is 0. The number of methoxy groups -OCH3 is 1.